The molecule has 1 amide bonds. The van der Waals surface area contributed by atoms with E-state index in [-0.39, 0.29) is 16.1 Å². The van der Waals surface area contributed by atoms with E-state index in [1.807, 2.05) is 0 Å². The van der Waals surface area contributed by atoms with Crippen LogP contribution in [0.3, 0.4) is 0 Å². The van der Waals surface area contributed by atoms with E-state index < -0.39 is 15.9 Å². The van der Waals surface area contributed by atoms with E-state index in [4.69, 9.17) is 9.47 Å². The van der Waals surface area contributed by atoms with Crippen molar-refractivity contribution >= 4 is 43.2 Å². The lowest BCUT2D eigenvalue weighted by atomic mass is 10.1. The number of carbonyl (C=O) groups is 1. The number of amides is 1. The molecule has 0 aromatic heterocycles. The van der Waals surface area contributed by atoms with Gasteiger partial charge in [0.15, 0.2) is 0 Å². The van der Waals surface area contributed by atoms with Gasteiger partial charge in [-0.05, 0) is 30.3 Å². The predicted octanol–water partition coefficient (Wildman–Crippen LogP) is 4.52. The zero-order valence-electron chi connectivity index (χ0n) is 16.2. The van der Waals surface area contributed by atoms with Gasteiger partial charge in [0.2, 0.25) is 0 Å². The van der Waals surface area contributed by atoms with Gasteiger partial charge in [0.25, 0.3) is 15.9 Å². The first-order valence-corrected chi connectivity index (χ1v) is 11.0. The molecule has 3 rings (SSSR count). The summed E-state index contributed by atoms with van der Waals surface area (Å²) >= 11 is 3.31. The van der Waals surface area contributed by atoms with Crippen LogP contribution >= 0.6 is 15.9 Å². The van der Waals surface area contributed by atoms with Gasteiger partial charge in [-0.3, -0.25) is 9.52 Å². The second-order valence-electron chi connectivity index (χ2n) is 6.16. The van der Waals surface area contributed by atoms with Gasteiger partial charge < -0.3 is 14.8 Å². The number of halogens is 1. The molecular formula is C21H19BrN2O5S. The second-order valence-corrected chi connectivity index (χ2v) is 8.76. The third-order valence-corrected chi connectivity index (χ3v) is 6.01. The number of benzene rings is 3. The van der Waals surface area contributed by atoms with E-state index in [9.17, 15) is 13.2 Å². The summed E-state index contributed by atoms with van der Waals surface area (Å²) in [6, 6.07) is 17.6. The van der Waals surface area contributed by atoms with Gasteiger partial charge in [-0.2, -0.15) is 0 Å². The van der Waals surface area contributed by atoms with E-state index >= 15 is 0 Å². The fourth-order valence-corrected chi connectivity index (χ4v) is 4.13. The van der Waals surface area contributed by atoms with Crippen molar-refractivity contribution in [2.75, 3.05) is 24.3 Å². The molecule has 156 valence electrons. The molecule has 2 N–H and O–H groups in total. The summed E-state index contributed by atoms with van der Waals surface area (Å²) < 4.78 is 39.0. The Bertz CT molecular complexity index is 1150. The zero-order chi connectivity index (χ0) is 21.7. The normalized spacial score (nSPS) is 10.9. The molecule has 0 atom stereocenters. The van der Waals surface area contributed by atoms with Crippen molar-refractivity contribution in [1.29, 1.82) is 0 Å². The highest BCUT2D eigenvalue weighted by Crippen LogP contribution is 2.28. The average Bonchev–Trinajstić information content (AvgIpc) is 2.73. The van der Waals surface area contributed by atoms with Gasteiger partial charge in [-0.1, -0.05) is 34.1 Å². The molecule has 0 saturated heterocycles. The number of rotatable bonds is 7. The lowest BCUT2D eigenvalue weighted by Gasteiger charge is -2.14. The van der Waals surface area contributed by atoms with Gasteiger partial charge in [-0.25, -0.2) is 8.42 Å². The van der Waals surface area contributed by atoms with Crippen molar-refractivity contribution in [3.8, 4) is 11.5 Å². The Morgan fingerprint density at radius 3 is 2.13 bits per heavy atom. The van der Waals surface area contributed by atoms with E-state index in [0.29, 0.717) is 21.7 Å². The van der Waals surface area contributed by atoms with Crippen LogP contribution in [0.2, 0.25) is 0 Å². The summed E-state index contributed by atoms with van der Waals surface area (Å²) in [7, 11) is -0.860. The SMILES string of the molecule is COc1cc(NC(=O)c2ccc(Br)cc2NS(=O)(=O)c2ccccc2)cc(OC)c1. The fourth-order valence-electron chi connectivity index (χ4n) is 2.68. The van der Waals surface area contributed by atoms with Gasteiger partial charge in [0.1, 0.15) is 11.5 Å². The molecule has 0 aliphatic rings. The van der Waals surface area contributed by atoms with Crippen LogP contribution < -0.4 is 19.5 Å². The van der Waals surface area contributed by atoms with E-state index in [0.717, 1.165) is 0 Å². The third-order valence-electron chi connectivity index (χ3n) is 4.13. The number of anilines is 2. The Hall–Kier alpha value is -3.04. The first kappa shape index (κ1) is 21.7. The van der Waals surface area contributed by atoms with Gasteiger partial charge >= 0.3 is 0 Å². The number of methoxy groups -OCH3 is 2. The molecule has 7 nitrogen and oxygen atoms in total. The summed E-state index contributed by atoms with van der Waals surface area (Å²) in [5.74, 6) is 0.513. The molecular weight excluding hydrogens is 472 g/mol. The van der Waals surface area contributed by atoms with Crippen LogP contribution in [0.4, 0.5) is 11.4 Å². The van der Waals surface area contributed by atoms with Crippen molar-refractivity contribution in [2.45, 2.75) is 4.90 Å². The summed E-state index contributed by atoms with van der Waals surface area (Å²) in [6.45, 7) is 0. The maximum absolute atomic E-state index is 12.9. The van der Waals surface area contributed by atoms with Crippen LogP contribution in [-0.4, -0.2) is 28.5 Å². The Balaban J connectivity index is 1.93. The highest BCUT2D eigenvalue weighted by atomic mass is 79.9. The van der Waals surface area contributed by atoms with Gasteiger partial charge in [0.05, 0.1) is 30.4 Å². The first-order valence-electron chi connectivity index (χ1n) is 8.74. The summed E-state index contributed by atoms with van der Waals surface area (Å²) in [4.78, 5) is 13.0. The Morgan fingerprint density at radius 2 is 1.53 bits per heavy atom. The van der Waals surface area contributed by atoms with E-state index in [1.165, 1.54) is 38.5 Å². The van der Waals surface area contributed by atoms with Crippen LogP contribution in [0.1, 0.15) is 10.4 Å². The number of sulfonamides is 1. The van der Waals surface area contributed by atoms with Crippen molar-refractivity contribution < 1.29 is 22.7 Å². The number of ether oxygens (including phenoxy) is 2. The van der Waals surface area contributed by atoms with Crippen LogP contribution in [-0.2, 0) is 10.0 Å². The van der Waals surface area contributed by atoms with Crippen molar-refractivity contribution in [2.24, 2.45) is 0 Å². The number of hydrogen-bond donors (Lipinski definition) is 2. The smallest absolute Gasteiger partial charge is 0.261 e. The quantitative estimate of drug-likeness (QED) is 0.507. The lowest BCUT2D eigenvalue weighted by molar-refractivity contribution is 0.102. The molecule has 0 unspecified atom stereocenters. The lowest BCUT2D eigenvalue weighted by Crippen LogP contribution is -2.18. The fraction of sp³-hybridized carbons (Fsp3) is 0.0952. The minimum atomic E-state index is -3.87. The summed E-state index contributed by atoms with van der Waals surface area (Å²) in [5.41, 5.74) is 0.732. The van der Waals surface area contributed by atoms with Crippen LogP contribution in [0.5, 0.6) is 11.5 Å². The van der Waals surface area contributed by atoms with Crippen LogP contribution in [0.15, 0.2) is 76.1 Å². The minimum absolute atomic E-state index is 0.0915. The van der Waals surface area contributed by atoms with Crippen molar-refractivity contribution in [1.82, 2.24) is 0 Å². The van der Waals surface area contributed by atoms with Crippen LogP contribution in [0, 0.1) is 0 Å². The Morgan fingerprint density at radius 1 is 0.900 bits per heavy atom. The molecule has 0 radical (unpaired) electrons. The highest BCUT2D eigenvalue weighted by Gasteiger charge is 2.19. The molecule has 0 spiro atoms. The number of nitrogens with one attached hydrogen (secondary N) is 2. The van der Waals surface area contributed by atoms with Crippen molar-refractivity contribution in [3.63, 3.8) is 0 Å². The first-order chi connectivity index (χ1) is 14.3. The molecule has 3 aromatic rings. The molecule has 0 bridgehead atoms. The molecule has 3 aromatic carbocycles. The Labute approximate surface area is 183 Å². The maximum atomic E-state index is 12.9. The largest absolute Gasteiger partial charge is 0.497 e. The molecule has 0 heterocycles. The maximum Gasteiger partial charge on any atom is 0.261 e. The highest BCUT2D eigenvalue weighted by molar-refractivity contribution is 9.10. The summed E-state index contributed by atoms with van der Waals surface area (Å²) in [5, 5.41) is 2.74. The van der Waals surface area contributed by atoms with E-state index in [2.05, 4.69) is 26.0 Å². The molecule has 0 fully saturated rings. The third kappa shape index (κ3) is 5.11. The predicted molar refractivity (Wildman–Crippen MR) is 119 cm³/mol. The van der Waals surface area contributed by atoms with Gasteiger partial charge in [-0.15, -0.1) is 0 Å². The monoisotopic (exact) mass is 490 g/mol. The minimum Gasteiger partial charge on any atom is -0.497 e. The topological polar surface area (TPSA) is 93.7 Å². The molecule has 0 aliphatic heterocycles. The molecule has 0 saturated carbocycles. The molecule has 0 aliphatic carbocycles. The second kappa shape index (κ2) is 9.19. The van der Waals surface area contributed by atoms with Gasteiger partial charge in [0, 0.05) is 28.4 Å². The molecule has 9 heteroatoms. The number of carbonyl (C=O) groups excluding carboxylic acids is 1. The molecule has 30 heavy (non-hydrogen) atoms. The van der Waals surface area contributed by atoms with Crippen molar-refractivity contribution in [3.05, 3.63) is 76.8 Å². The number of hydrogen-bond acceptors (Lipinski definition) is 5. The van der Waals surface area contributed by atoms with E-state index in [1.54, 1.807) is 42.5 Å². The Kier molecular flexibility index (Phi) is 6.63. The standard InChI is InChI=1S/C21H19BrN2O5S/c1-28-16-11-15(12-17(13-16)29-2)23-21(25)19-9-8-14(22)10-20(19)24-30(26,27)18-6-4-3-5-7-18/h3-13,24H,1-2H3,(H,23,25). The zero-order valence-corrected chi connectivity index (χ0v) is 18.6. The summed E-state index contributed by atoms with van der Waals surface area (Å²) in [6.07, 6.45) is 0. The average molecular weight is 491 g/mol. The van der Waals surface area contributed by atoms with Crippen LogP contribution in [0.25, 0.3) is 0 Å².